The second-order valence-electron chi connectivity index (χ2n) is 5.06. The summed E-state index contributed by atoms with van der Waals surface area (Å²) in [6.45, 7) is -1.32. The molecule has 0 amide bonds. The van der Waals surface area contributed by atoms with Gasteiger partial charge in [-0.3, -0.25) is 10.2 Å². The molecule has 4 N–H and O–H groups in total. The Hall–Kier alpha value is -3.28. The van der Waals surface area contributed by atoms with E-state index in [0.717, 1.165) is 0 Å². The molecule has 0 bridgehead atoms. The van der Waals surface area contributed by atoms with Gasteiger partial charge in [-0.25, -0.2) is 9.48 Å². The van der Waals surface area contributed by atoms with E-state index in [-0.39, 0.29) is 24.6 Å². The maximum Gasteiger partial charge on any atom is 0.345 e. The molecule has 3 rings (SSSR count). The SMILES string of the molecule is CCOC(=O)c1cnn(-c2cn[nH]c2-c2cc(COC(F)F)[nH]n2)c1N. The first-order valence-electron chi connectivity index (χ1n) is 7.50. The van der Waals surface area contributed by atoms with Gasteiger partial charge in [0.2, 0.25) is 0 Å². The molecule has 3 aromatic heterocycles. The van der Waals surface area contributed by atoms with Gasteiger partial charge in [0.15, 0.2) is 0 Å². The zero-order chi connectivity index (χ0) is 18.7. The number of hydrogen-bond donors (Lipinski definition) is 3. The molecule has 12 heteroatoms. The Bertz CT molecular complexity index is 902. The zero-order valence-corrected chi connectivity index (χ0v) is 13.6. The number of esters is 1. The number of anilines is 1. The van der Waals surface area contributed by atoms with E-state index < -0.39 is 12.6 Å². The predicted molar refractivity (Wildman–Crippen MR) is 84.5 cm³/mol. The fraction of sp³-hybridized carbons (Fsp3) is 0.286. The Morgan fingerprint density at radius 3 is 2.92 bits per heavy atom. The maximum atomic E-state index is 12.1. The molecule has 0 fully saturated rings. The van der Waals surface area contributed by atoms with E-state index >= 15 is 0 Å². The number of nitrogens with zero attached hydrogens (tertiary/aromatic N) is 4. The molecular formula is C14H15F2N7O3. The standard InChI is InChI=1S/C14H15F2N7O3/c1-2-25-13(24)8-4-19-23(12(8)17)10-5-18-22-11(10)9-3-7(20-21-9)6-26-14(15)16/h3-5,14H,2,6,17H2,1H3,(H,18,22)(H,20,21). The molecule has 0 saturated carbocycles. The minimum atomic E-state index is -2.88. The number of H-pyrrole nitrogens is 2. The Morgan fingerprint density at radius 1 is 1.38 bits per heavy atom. The number of carbonyl (C=O) groups is 1. The third-order valence-electron chi connectivity index (χ3n) is 3.40. The molecule has 10 nitrogen and oxygen atoms in total. The van der Waals surface area contributed by atoms with E-state index in [2.05, 4.69) is 30.2 Å². The van der Waals surface area contributed by atoms with E-state index in [0.29, 0.717) is 22.8 Å². The number of nitrogen functional groups attached to an aromatic ring is 1. The first-order valence-corrected chi connectivity index (χ1v) is 7.50. The maximum absolute atomic E-state index is 12.1. The quantitative estimate of drug-likeness (QED) is 0.538. The number of carbonyl (C=O) groups excluding carboxylic acids is 1. The molecule has 26 heavy (non-hydrogen) atoms. The van der Waals surface area contributed by atoms with E-state index in [1.165, 1.54) is 23.1 Å². The molecule has 0 aliphatic rings. The van der Waals surface area contributed by atoms with Crippen LogP contribution in [0.15, 0.2) is 18.5 Å². The molecule has 0 aliphatic carbocycles. The van der Waals surface area contributed by atoms with Crippen molar-refractivity contribution in [1.29, 1.82) is 0 Å². The minimum Gasteiger partial charge on any atom is -0.462 e. The summed E-state index contributed by atoms with van der Waals surface area (Å²) in [5.74, 6) is -0.518. The summed E-state index contributed by atoms with van der Waals surface area (Å²) in [7, 11) is 0. The molecule has 0 unspecified atom stereocenters. The van der Waals surface area contributed by atoms with Crippen LogP contribution < -0.4 is 5.73 Å². The van der Waals surface area contributed by atoms with Crippen molar-refractivity contribution in [3.8, 4) is 17.1 Å². The minimum absolute atomic E-state index is 0.0721. The van der Waals surface area contributed by atoms with Gasteiger partial charge in [-0.15, -0.1) is 0 Å². The summed E-state index contributed by atoms with van der Waals surface area (Å²) in [5.41, 5.74) is 7.69. The Morgan fingerprint density at radius 2 is 2.19 bits per heavy atom. The van der Waals surface area contributed by atoms with E-state index in [4.69, 9.17) is 10.5 Å². The average molecular weight is 367 g/mol. The smallest absolute Gasteiger partial charge is 0.345 e. The first kappa shape index (κ1) is 17.5. The number of aromatic nitrogens is 6. The number of alkyl halides is 2. The zero-order valence-electron chi connectivity index (χ0n) is 13.6. The number of halogens is 2. The van der Waals surface area contributed by atoms with Crippen molar-refractivity contribution in [1.82, 2.24) is 30.2 Å². The van der Waals surface area contributed by atoms with Crippen LogP contribution in [-0.4, -0.2) is 49.4 Å². The predicted octanol–water partition coefficient (Wildman–Crippen LogP) is 1.48. The van der Waals surface area contributed by atoms with E-state index in [9.17, 15) is 13.6 Å². The average Bonchev–Trinajstić information content (AvgIpc) is 3.31. The van der Waals surface area contributed by atoms with Gasteiger partial charge in [0, 0.05) is 0 Å². The van der Waals surface area contributed by atoms with Crippen LogP contribution in [-0.2, 0) is 16.1 Å². The lowest BCUT2D eigenvalue weighted by Crippen LogP contribution is -2.09. The van der Waals surface area contributed by atoms with E-state index in [1.807, 2.05) is 0 Å². The van der Waals surface area contributed by atoms with Crippen LogP contribution in [0.1, 0.15) is 23.0 Å². The fourth-order valence-corrected chi connectivity index (χ4v) is 2.26. The Kier molecular flexibility index (Phi) is 4.93. The Labute approximate surface area is 145 Å². The van der Waals surface area contributed by atoms with Gasteiger partial charge in [-0.05, 0) is 13.0 Å². The fourth-order valence-electron chi connectivity index (χ4n) is 2.26. The van der Waals surface area contributed by atoms with Crippen LogP contribution in [0.5, 0.6) is 0 Å². The Balaban J connectivity index is 1.89. The number of ether oxygens (including phenoxy) is 2. The number of nitrogens with one attached hydrogen (secondary N) is 2. The van der Waals surface area contributed by atoms with Crippen molar-refractivity contribution in [3.63, 3.8) is 0 Å². The summed E-state index contributed by atoms with van der Waals surface area (Å²) in [6, 6.07) is 1.52. The van der Waals surface area contributed by atoms with Crippen LogP contribution in [0, 0.1) is 0 Å². The molecule has 0 spiro atoms. The summed E-state index contributed by atoms with van der Waals surface area (Å²) in [6.07, 6.45) is 2.73. The van der Waals surface area contributed by atoms with Crippen molar-refractivity contribution in [2.45, 2.75) is 20.1 Å². The van der Waals surface area contributed by atoms with Crippen molar-refractivity contribution in [3.05, 3.63) is 29.7 Å². The second-order valence-corrected chi connectivity index (χ2v) is 5.06. The van der Waals surface area contributed by atoms with Crippen molar-refractivity contribution in [2.75, 3.05) is 12.3 Å². The van der Waals surface area contributed by atoms with Crippen molar-refractivity contribution < 1.29 is 23.0 Å². The topological polar surface area (TPSA) is 137 Å². The van der Waals surface area contributed by atoms with Crippen LogP contribution in [0.2, 0.25) is 0 Å². The van der Waals surface area contributed by atoms with Gasteiger partial charge in [0.1, 0.15) is 28.5 Å². The molecule has 0 saturated heterocycles. The molecule has 3 aromatic rings. The summed E-state index contributed by atoms with van der Waals surface area (Å²) in [4.78, 5) is 11.9. The number of aromatic amines is 2. The van der Waals surface area contributed by atoms with Crippen LogP contribution in [0.3, 0.4) is 0 Å². The largest absolute Gasteiger partial charge is 0.462 e. The summed E-state index contributed by atoms with van der Waals surface area (Å²) < 4.78 is 34.7. The lowest BCUT2D eigenvalue weighted by Gasteiger charge is -2.04. The highest BCUT2D eigenvalue weighted by Crippen LogP contribution is 2.26. The molecule has 0 aliphatic heterocycles. The molecular weight excluding hydrogens is 352 g/mol. The van der Waals surface area contributed by atoms with Gasteiger partial charge in [-0.1, -0.05) is 0 Å². The van der Waals surface area contributed by atoms with Crippen molar-refractivity contribution in [2.24, 2.45) is 0 Å². The summed E-state index contributed by atoms with van der Waals surface area (Å²) in [5, 5.41) is 17.4. The molecule has 0 atom stereocenters. The third kappa shape index (κ3) is 3.39. The van der Waals surface area contributed by atoms with Crippen molar-refractivity contribution >= 4 is 11.8 Å². The van der Waals surface area contributed by atoms with Gasteiger partial charge in [-0.2, -0.15) is 24.1 Å². The number of hydrogen-bond acceptors (Lipinski definition) is 7. The van der Waals surface area contributed by atoms with Crippen LogP contribution >= 0.6 is 0 Å². The molecule has 138 valence electrons. The highest BCUT2D eigenvalue weighted by Gasteiger charge is 2.21. The lowest BCUT2D eigenvalue weighted by atomic mass is 10.2. The lowest BCUT2D eigenvalue weighted by molar-refractivity contribution is -0.137. The van der Waals surface area contributed by atoms with Gasteiger partial charge >= 0.3 is 12.6 Å². The second kappa shape index (κ2) is 7.31. The number of rotatable bonds is 7. The van der Waals surface area contributed by atoms with E-state index in [1.54, 1.807) is 6.92 Å². The number of nitrogens with two attached hydrogens (primary N) is 1. The first-order chi connectivity index (χ1) is 12.5. The van der Waals surface area contributed by atoms with Gasteiger partial charge < -0.3 is 15.2 Å². The van der Waals surface area contributed by atoms with Gasteiger partial charge in [0.25, 0.3) is 0 Å². The molecule has 0 aromatic carbocycles. The van der Waals surface area contributed by atoms with Crippen LogP contribution in [0.4, 0.5) is 14.6 Å². The highest BCUT2D eigenvalue weighted by atomic mass is 19.3. The molecule has 3 heterocycles. The van der Waals surface area contributed by atoms with Gasteiger partial charge in [0.05, 0.1) is 31.3 Å². The monoisotopic (exact) mass is 367 g/mol. The van der Waals surface area contributed by atoms with Crippen LogP contribution in [0.25, 0.3) is 17.1 Å². The summed E-state index contributed by atoms with van der Waals surface area (Å²) >= 11 is 0. The normalized spacial score (nSPS) is 11.2. The highest BCUT2D eigenvalue weighted by molar-refractivity contribution is 5.94. The molecule has 0 radical (unpaired) electrons. The third-order valence-corrected chi connectivity index (χ3v) is 3.40.